The summed E-state index contributed by atoms with van der Waals surface area (Å²) in [5.41, 5.74) is 5.58. The first-order valence-corrected chi connectivity index (χ1v) is 6.83. The van der Waals surface area contributed by atoms with Gasteiger partial charge in [0, 0.05) is 11.6 Å². The molecule has 0 atom stereocenters. The van der Waals surface area contributed by atoms with Gasteiger partial charge < -0.3 is 4.98 Å². The number of fused-ring (bicyclic) bond motifs is 1. The van der Waals surface area contributed by atoms with Gasteiger partial charge in [-0.25, -0.2) is 4.98 Å². The monoisotopic (exact) mass is 325 g/mol. The quantitative estimate of drug-likeness (QED) is 0.497. The molecule has 0 aliphatic carbocycles. The number of nitro benzene ring substituents is 1. The molecule has 3 N–H and O–H groups in total. The molecule has 1 aromatic heterocycles. The molecule has 0 spiro atoms. The summed E-state index contributed by atoms with van der Waals surface area (Å²) in [6, 6.07) is 10.2. The third kappa shape index (κ3) is 2.90. The van der Waals surface area contributed by atoms with E-state index in [1.54, 1.807) is 18.2 Å². The number of nitrogens with one attached hydrogen (secondary N) is 3. The number of benzene rings is 2. The standard InChI is InChI=1S/C15H11N5O4/c21-14(9-5-6-11-12(7-9)17-8-16-11)18-19-15(22)10-3-1-2-4-13(10)20(23)24/h1-8H,(H,16,17)(H,18,21)(H,19,22). The Morgan fingerprint density at radius 2 is 1.83 bits per heavy atom. The minimum absolute atomic E-state index is 0.146. The maximum atomic E-state index is 12.1. The molecule has 3 aromatic rings. The second kappa shape index (κ2) is 6.16. The molecule has 2 amide bonds. The number of hydrogen-bond donors (Lipinski definition) is 3. The molecule has 1 heterocycles. The van der Waals surface area contributed by atoms with Crippen LogP contribution < -0.4 is 10.9 Å². The second-order valence-electron chi connectivity index (χ2n) is 4.82. The van der Waals surface area contributed by atoms with Gasteiger partial charge in [0.1, 0.15) is 5.56 Å². The number of rotatable bonds is 3. The summed E-state index contributed by atoms with van der Waals surface area (Å²) in [4.78, 5) is 41.3. The molecule has 0 bridgehead atoms. The maximum absolute atomic E-state index is 12.1. The van der Waals surface area contributed by atoms with Gasteiger partial charge in [0.15, 0.2) is 0 Å². The van der Waals surface area contributed by atoms with E-state index in [1.807, 2.05) is 0 Å². The number of carbonyl (C=O) groups excluding carboxylic acids is 2. The molecule has 24 heavy (non-hydrogen) atoms. The van der Waals surface area contributed by atoms with E-state index in [2.05, 4.69) is 20.8 Å². The molecule has 9 nitrogen and oxygen atoms in total. The summed E-state index contributed by atoms with van der Waals surface area (Å²) in [7, 11) is 0. The van der Waals surface area contributed by atoms with Crippen molar-refractivity contribution in [3.63, 3.8) is 0 Å². The molecule has 0 radical (unpaired) electrons. The van der Waals surface area contributed by atoms with Crippen molar-refractivity contribution in [1.82, 2.24) is 20.8 Å². The Bertz CT molecular complexity index is 950. The van der Waals surface area contributed by atoms with Crippen LogP contribution in [0.2, 0.25) is 0 Å². The van der Waals surface area contributed by atoms with E-state index in [1.165, 1.54) is 30.6 Å². The first-order chi connectivity index (χ1) is 11.6. The lowest BCUT2D eigenvalue weighted by Crippen LogP contribution is -2.41. The summed E-state index contributed by atoms with van der Waals surface area (Å²) in [5, 5.41) is 10.9. The number of nitro groups is 1. The van der Waals surface area contributed by atoms with E-state index in [0.29, 0.717) is 16.6 Å². The highest BCUT2D eigenvalue weighted by molar-refractivity contribution is 6.02. The average Bonchev–Trinajstić information content (AvgIpc) is 3.06. The van der Waals surface area contributed by atoms with Crippen LogP contribution in [0.15, 0.2) is 48.8 Å². The zero-order chi connectivity index (χ0) is 17.1. The van der Waals surface area contributed by atoms with Gasteiger partial charge in [-0.15, -0.1) is 0 Å². The summed E-state index contributed by atoms with van der Waals surface area (Å²) in [6.07, 6.45) is 1.50. The Morgan fingerprint density at radius 3 is 2.62 bits per heavy atom. The van der Waals surface area contributed by atoms with Crippen LogP contribution in [0.5, 0.6) is 0 Å². The minimum Gasteiger partial charge on any atom is -0.345 e. The number of H-pyrrole nitrogens is 1. The topological polar surface area (TPSA) is 130 Å². The molecule has 9 heteroatoms. The fraction of sp³-hybridized carbons (Fsp3) is 0. The first kappa shape index (κ1) is 15.2. The highest BCUT2D eigenvalue weighted by Crippen LogP contribution is 2.17. The van der Waals surface area contributed by atoms with E-state index in [-0.39, 0.29) is 11.3 Å². The Hall–Kier alpha value is -3.75. The van der Waals surface area contributed by atoms with Crippen molar-refractivity contribution < 1.29 is 14.5 Å². The van der Waals surface area contributed by atoms with Crippen molar-refractivity contribution in [1.29, 1.82) is 0 Å². The fourth-order valence-corrected chi connectivity index (χ4v) is 2.15. The van der Waals surface area contributed by atoms with Gasteiger partial charge in [0.05, 0.1) is 22.3 Å². The van der Waals surface area contributed by atoms with Crippen LogP contribution in [0.4, 0.5) is 5.69 Å². The highest BCUT2D eigenvalue weighted by Gasteiger charge is 2.19. The van der Waals surface area contributed by atoms with Crippen molar-refractivity contribution in [2.75, 3.05) is 0 Å². The number of imidazole rings is 1. The predicted octanol–water partition coefficient (Wildman–Crippen LogP) is 1.55. The lowest BCUT2D eigenvalue weighted by molar-refractivity contribution is -0.385. The molecule has 0 saturated carbocycles. The Morgan fingerprint density at radius 1 is 1.08 bits per heavy atom. The molecule has 0 fully saturated rings. The minimum atomic E-state index is -0.779. The third-order valence-corrected chi connectivity index (χ3v) is 3.32. The molecule has 0 unspecified atom stereocenters. The van der Waals surface area contributed by atoms with Crippen LogP contribution in [-0.2, 0) is 0 Å². The highest BCUT2D eigenvalue weighted by atomic mass is 16.6. The van der Waals surface area contributed by atoms with E-state index in [4.69, 9.17) is 0 Å². The van der Waals surface area contributed by atoms with Gasteiger partial charge in [-0.1, -0.05) is 12.1 Å². The van der Waals surface area contributed by atoms with Gasteiger partial charge in [-0.2, -0.15) is 0 Å². The predicted molar refractivity (Wildman–Crippen MR) is 84.1 cm³/mol. The van der Waals surface area contributed by atoms with Gasteiger partial charge >= 0.3 is 0 Å². The molecule has 0 aliphatic heterocycles. The average molecular weight is 325 g/mol. The zero-order valence-corrected chi connectivity index (χ0v) is 12.1. The summed E-state index contributed by atoms with van der Waals surface area (Å²) < 4.78 is 0. The molecular formula is C15H11N5O4. The lowest BCUT2D eigenvalue weighted by atomic mass is 10.1. The number of amides is 2. The smallest absolute Gasteiger partial charge is 0.282 e. The van der Waals surface area contributed by atoms with E-state index >= 15 is 0 Å². The van der Waals surface area contributed by atoms with Crippen LogP contribution in [0.25, 0.3) is 11.0 Å². The fourth-order valence-electron chi connectivity index (χ4n) is 2.15. The molecular weight excluding hydrogens is 314 g/mol. The Kier molecular flexibility index (Phi) is 3.89. The van der Waals surface area contributed by atoms with Crippen LogP contribution in [0, 0.1) is 10.1 Å². The van der Waals surface area contributed by atoms with Gasteiger partial charge in [-0.3, -0.25) is 30.6 Å². The Balaban J connectivity index is 1.72. The van der Waals surface area contributed by atoms with Crippen LogP contribution in [0.1, 0.15) is 20.7 Å². The zero-order valence-electron chi connectivity index (χ0n) is 12.1. The normalized spacial score (nSPS) is 10.3. The first-order valence-electron chi connectivity index (χ1n) is 6.83. The van der Waals surface area contributed by atoms with E-state index in [9.17, 15) is 19.7 Å². The number of carbonyl (C=O) groups is 2. The van der Waals surface area contributed by atoms with Crippen molar-refractivity contribution >= 4 is 28.5 Å². The van der Waals surface area contributed by atoms with Crippen LogP contribution in [-0.4, -0.2) is 26.7 Å². The molecule has 0 saturated heterocycles. The number of nitrogens with zero attached hydrogens (tertiary/aromatic N) is 2. The largest absolute Gasteiger partial charge is 0.345 e. The number of aromatic amines is 1. The van der Waals surface area contributed by atoms with Crippen LogP contribution in [0.3, 0.4) is 0 Å². The van der Waals surface area contributed by atoms with E-state index < -0.39 is 16.7 Å². The van der Waals surface area contributed by atoms with Crippen molar-refractivity contribution in [3.8, 4) is 0 Å². The second-order valence-corrected chi connectivity index (χ2v) is 4.82. The van der Waals surface area contributed by atoms with Crippen molar-refractivity contribution in [2.45, 2.75) is 0 Å². The van der Waals surface area contributed by atoms with Gasteiger partial charge in [0.2, 0.25) is 0 Å². The molecule has 2 aromatic carbocycles. The van der Waals surface area contributed by atoms with Crippen molar-refractivity contribution in [2.24, 2.45) is 0 Å². The SMILES string of the molecule is O=C(NNC(=O)c1ccccc1[N+](=O)[O-])c1ccc2nc[nH]c2c1. The lowest BCUT2D eigenvalue weighted by Gasteiger charge is -2.07. The number of para-hydroxylation sites is 1. The Labute approximate surface area is 134 Å². The van der Waals surface area contributed by atoms with Gasteiger partial charge in [0.25, 0.3) is 17.5 Å². The maximum Gasteiger partial charge on any atom is 0.282 e. The number of hydrazine groups is 1. The van der Waals surface area contributed by atoms with Crippen LogP contribution >= 0.6 is 0 Å². The number of aromatic nitrogens is 2. The molecule has 120 valence electrons. The summed E-state index contributed by atoms with van der Waals surface area (Å²) in [5.74, 6) is -1.34. The third-order valence-electron chi connectivity index (χ3n) is 3.32. The summed E-state index contributed by atoms with van der Waals surface area (Å²) in [6.45, 7) is 0. The van der Waals surface area contributed by atoms with Gasteiger partial charge in [-0.05, 0) is 24.3 Å². The van der Waals surface area contributed by atoms with E-state index in [0.717, 1.165) is 0 Å². The molecule has 0 aliphatic rings. The van der Waals surface area contributed by atoms with Crippen molar-refractivity contribution in [3.05, 3.63) is 70.0 Å². The summed E-state index contributed by atoms with van der Waals surface area (Å²) >= 11 is 0. The number of hydrogen-bond acceptors (Lipinski definition) is 5. The molecule has 3 rings (SSSR count).